The number of H-pyrrole nitrogens is 1. The lowest BCUT2D eigenvalue weighted by atomic mass is 10.3. The molecule has 0 aliphatic rings. The van der Waals surface area contributed by atoms with E-state index >= 15 is 0 Å². The monoisotopic (exact) mass is 126 g/mol. The number of hydrogen-bond donors (Lipinski definition) is 3. The number of aryl methyl sites for hydroxylation is 1. The Hall–Kier alpha value is -1.03. The fourth-order valence-electron chi connectivity index (χ4n) is 0.644. The summed E-state index contributed by atoms with van der Waals surface area (Å²) in [5.41, 5.74) is 13.1. The Bertz CT molecular complexity index is 203. The van der Waals surface area contributed by atoms with Crippen LogP contribution in [-0.4, -0.2) is 10.2 Å². The van der Waals surface area contributed by atoms with Gasteiger partial charge in [0, 0.05) is 6.54 Å². The zero-order chi connectivity index (χ0) is 6.85. The normalized spacial score (nSPS) is 10.0. The van der Waals surface area contributed by atoms with Crippen molar-refractivity contribution in [3.8, 4) is 0 Å². The van der Waals surface area contributed by atoms with Crippen LogP contribution in [0.5, 0.6) is 0 Å². The fraction of sp³-hybridized carbons (Fsp3) is 0.400. The molecule has 0 saturated heterocycles. The van der Waals surface area contributed by atoms with Crippen molar-refractivity contribution in [2.24, 2.45) is 5.73 Å². The largest absolute Gasteiger partial charge is 0.396 e. The minimum atomic E-state index is 0.399. The molecule has 0 fully saturated rings. The Morgan fingerprint density at radius 2 is 2.33 bits per heavy atom. The number of nitrogens with zero attached hydrogens (tertiary/aromatic N) is 1. The number of aromatic amines is 1. The summed E-state index contributed by atoms with van der Waals surface area (Å²) in [6.07, 6.45) is 0. The predicted molar refractivity (Wildman–Crippen MR) is 35.6 cm³/mol. The molecule has 1 heterocycles. The van der Waals surface area contributed by atoms with Crippen molar-refractivity contribution < 1.29 is 0 Å². The Morgan fingerprint density at radius 1 is 1.67 bits per heavy atom. The average molecular weight is 126 g/mol. The first-order valence-corrected chi connectivity index (χ1v) is 2.75. The van der Waals surface area contributed by atoms with E-state index < -0.39 is 0 Å². The molecule has 50 valence electrons. The molecule has 0 unspecified atom stereocenters. The van der Waals surface area contributed by atoms with Crippen molar-refractivity contribution in [1.29, 1.82) is 0 Å². The van der Waals surface area contributed by atoms with E-state index in [0.29, 0.717) is 12.2 Å². The minimum Gasteiger partial charge on any atom is -0.396 e. The molecule has 4 nitrogen and oxygen atoms in total. The highest BCUT2D eigenvalue weighted by Crippen LogP contribution is 2.10. The van der Waals surface area contributed by atoms with Gasteiger partial charge < -0.3 is 11.5 Å². The third kappa shape index (κ3) is 0.882. The van der Waals surface area contributed by atoms with Gasteiger partial charge in [0.1, 0.15) is 0 Å². The van der Waals surface area contributed by atoms with E-state index in [9.17, 15) is 0 Å². The number of rotatable bonds is 1. The first-order valence-electron chi connectivity index (χ1n) is 2.75. The van der Waals surface area contributed by atoms with E-state index in [-0.39, 0.29) is 0 Å². The maximum Gasteiger partial charge on any atom is 0.0989 e. The molecule has 1 rings (SSSR count). The van der Waals surface area contributed by atoms with E-state index in [2.05, 4.69) is 10.2 Å². The molecule has 0 atom stereocenters. The van der Waals surface area contributed by atoms with E-state index in [1.54, 1.807) is 0 Å². The Kier molecular flexibility index (Phi) is 1.40. The molecule has 0 aliphatic heterocycles. The van der Waals surface area contributed by atoms with Crippen LogP contribution in [-0.2, 0) is 6.54 Å². The van der Waals surface area contributed by atoms with Crippen LogP contribution in [0.4, 0.5) is 5.69 Å². The standard InChI is InChI=1S/C5H10N4/c1-3-5(7)4(2-6)9-8-3/h2,6-7H2,1H3,(H,8,9). The number of nitrogen functional groups attached to an aromatic ring is 1. The van der Waals surface area contributed by atoms with E-state index in [1.807, 2.05) is 6.92 Å². The Morgan fingerprint density at radius 3 is 2.56 bits per heavy atom. The van der Waals surface area contributed by atoms with E-state index in [4.69, 9.17) is 11.5 Å². The SMILES string of the molecule is Cc1[nH]nc(CN)c1N. The molecule has 9 heavy (non-hydrogen) atoms. The van der Waals surface area contributed by atoms with E-state index in [0.717, 1.165) is 11.4 Å². The summed E-state index contributed by atoms with van der Waals surface area (Å²) in [6, 6.07) is 0. The highest BCUT2D eigenvalue weighted by atomic mass is 15.1. The van der Waals surface area contributed by atoms with Gasteiger partial charge in [0.05, 0.1) is 17.1 Å². The lowest BCUT2D eigenvalue weighted by Crippen LogP contribution is -2.00. The van der Waals surface area contributed by atoms with Crippen molar-refractivity contribution in [3.63, 3.8) is 0 Å². The second-order valence-corrected chi connectivity index (χ2v) is 1.91. The third-order valence-electron chi connectivity index (χ3n) is 1.27. The van der Waals surface area contributed by atoms with Crippen molar-refractivity contribution in [2.45, 2.75) is 13.5 Å². The number of nitrogens with two attached hydrogens (primary N) is 2. The molecular formula is C5H10N4. The van der Waals surface area contributed by atoms with Crippen molar-refractivity contribution in [3.05, 3.63) is 11.4 Å². The number of hydrogen-bond acceptors (Lipinski definition) is 3. The Labute approximate surface area is 53.2 Å². The number of anilines is 1. The molecule has 0 amide bonds. The van der Waals surface area contributed by atoms with Gasteiger partial charge in [0.15, 0.2) is 0 Å². The second kappa shape index (κ2) is 2.06. The van der Waals surface area contributed by atoms with Crippen molar-refractivity contribution >= 4 is 5.69 Å². The lowest BCUT2D eigenvalue weighted by Gasteiger charge is -1.89. The molecular weight excluding hydrogens is 116 g/mol. The maximum absolute atomic E-state index is 5.54. The summed E-state index contributed by atoms with van der Waals surface area (Å²) >= 11 is 0. The maximum atomic E-state index is 5.54. The van der Waals surface area contributed by atoms with Crippen LogP contribution in [0, 0.1) is 6.92 Å². The van der Waals surface area contributed by atoms with Gasteiger partial charge in [0.2, 0.25) is 0 Å². The van der Waals surface area contributed by atoms with Gasteiger partial charge in [0.25, 0.3) is 0 Å². The van der Waals surface area contributed by atoms with Crippen molar-refractivity contribution in [1.82, 2.24) is 10.2 Å². The highest BCUT2D eigenvalue weighted by Gasteiger charge is 2.01. The average Bonchev–Trinajstić information content (AvgIpc) is 2.15. The first-order chi connectivity index (χ1) is 4.25. The molecule has 4 heteroatoms. The molecule has 0 bridgehead atoms. The Balaban J connectivity index is 3.04. The van der Waals surface area contributed by atoms with Gasteiger partial charge in [-0.25, -0.2) is 0 Å². The van der Waals surface area contributed by atoms with Gasteiger partial charge in [-0.05, 0) is 6.92 Å². The van der Waals surface area contributed by atoms with Gasteiger partial charge in [-0.15, -0.1) is 0 Å². The number of nitrogens with one attached hydrogen (secondary N) is 1. The topological polar surface area (TPSA) is 80.7 Å². The zero-order valence-corrected chi connectivity index (χ0v) is 5.31. The molecule has 0 aromatic carbocycles. The van der Waals surface area contributed by atoms with Gasteiger partial charge in [-0.2, -0.15) is 5.10 Å². The molecule has 0 radical (unpaired) electrons. The summed E-state index contributed by atoms with van der Waals surface area (Å²) in [4.78, 5) is 0. The van der Waals surface area contributed by atoms with Gasteiger partial charge in [-0.3, -0.25) is 5.10 Å². The quantitative estimate of drug-likeness (QED) is 0.485. The van der Waals surface area contributed by atoms with Crippen LogP contribution in [0.1, 0.15) is 11.4 Å². The first kappa shape index (κ1) is 6.10. The summed E-state index contributed by atoms with van der Waals surface area (Å²) < 4.78 is 0. The van der Waals surface area contributed by atoms with Gasteiger partial charge in [-0.1, -0.05) is 0 Å². The van der Waals surface area contributed by atoms with E-state index in [1.165, 1.54) is 0 Å². The highest BCUT2D eigenvalue weighted by molar-refractivity contribution is 5.46. The summed E-state index contributed by atoms with van der Waals surface area (Å²) in [5, 5.41) is 6.59. The second-order valence-electron chi connectivity index (χ2n) is 1.91. The molecule has 1 aromatic rings. The summed E-state index contributed by atoms with van der Waals surface area (Å²) in [7, 11) is 0. The molecule has 0 saturated carbocycles. The van der Waals surface area contributed by atoms with Crippen molar-refractivity contribution in [2.75, 3.05) is 5.73 Å². The third-order valence-corrected chi connectivity index (χ3v) is 1.27. The number of aromatic nitrogens is 2. The fourth-order valence-corrected chi connectivity index (χ4v) is 0.644. The summed E-state index contributed by atoms with van der Waals surface area (Å²) in [5.74, 6) is 0. The molecule has 0 spiro atoms. The van der Waals surface area contributed by atoms with Crippen LogP contribution < -0.4 is 11.5 Å². The predicted octanol–water partition coefficient (Wildman–Crippen LogP) is -0.241. The zero-order valence-electron chi connectivity index (χ0n) is 5.31. The summed E-state index contributed by atoms with van der Waals surface area (Å²) in [6.45, 7) is 2.26. The smallest absolute Gasteiger partial charge is 0.0989 e. The van der Waals surface area contributed by atoms with Crippen LogP contribution in [0.15, 0.2) is 0 Å². The van der Waals surface area contributed by atoms with Crippen LogP contribution in [0.3, 0.4) is 0 Å². The lowest BCUT2D eigenvalue weighted by molar-refractivity contribution is 0.940. The molecule has 1 aromatic heterocycles. The van der Waals surface area contributed by atoms with Crippen LogP contribution in [0.25, 0.3) is 0 Å². The molecule has 5 N–H and O–H groups in total. The van der Waals surface area contributed by atoms with Crippen LogP contribution in [0.2, 0.25) is 0 Å². The van der Waals surface area contributed by atoms with Gasteiger partial charge >= 0.3 is 0 Å². The minimum absolute atomic E-state index is 0.399. The van der Waals surface area contributed by atoms with Crippen LogP contribution >= 0.6 is 0 Å². The molecule has 0 aliphatic carbocycles.